The van der Waals surface area contributed by atoms with Crippen LogP contribution in [-0.4, -0.2) is 23.4 Å². The first-order valence-electron chi connectivity index (χ1n) is 8.24. The normalized spacial score (nSPS) is 10.4. The fourth-order valence-corrected chi connectivity index (χ4v) is 2.45. The number of amides is 1. The van der Waals surface area contributed by atoms with Crippen LogP contribution >= 0.6 is 11.6 Å². The quantitative estimate of drug-likeness (QED) is 0.654. The number of rotatable bonds is 6. The largest absolute Gasteiger partial charge is 0.458 e. The summed E-state index contributed by atoms with van der Waals surface area (Å²) in [4.78, 5) is 28.2. The molecular weight excluding hydrogens is 368 g/mol. The van der Waals surface area contributed by atoms with E-state index in [0.717, 1.165) is 5.56 Å². The third kappa shape index (κ3) is 4.95. The van der Waals surface area contributed by atoms with Crippen molar-refractivity contribution in [3.8, 4) is 11.5 Å². The van der Waals surface area contributed by atoms with Gasteiger partial charge in [-0.2, -0.15) is 0 Å². The topological polar surface area (TPSA) is 81.4 Å². The van der Waals surface area contributed by atoms with E-state index < -0.39 is 5.97 Å². The molecule has 1 aromatic heterocycles. The van der Waals surface area contributed by atoms with Gasteiger partial charge in [-0.15, -0.1) is 0 Å². The molecule has 1 heterocycles. The zero-order valence-corrected chi connectivity index (χ0v) is 15.3. The maximum atomic E-state index is 12.0. The van der Waals surface area contributed by atoms with Gasteiger partial charge >= 0.3 is 5.97 Å². The third-order valence-corrected chi connectivity index (χ3v) is 4.03. The lowest BCUT2D eigenvalue weighted by atomic mass is 10.2. The molecule has 0 saturated carbocycles. The molecule has 0 radical (unpaired) electrons. The van der Waals surface area contributed by atoms with E-state index in [-0.39, 0.29) is 19.1 Å². The average Bonchev–Trinajstić information content (AvgIpc) is 3.06. The minimum Gasteiger partial charge on any atom is -0.458 e. The molecule has 7 heteroatoms. The smallest absolute Gasteiger partial charge is 0.325 e. The summed E-state index contributed by atoms with van der Waals surface area (Å²) in [5, 5.41) is 3.03. The Hall–Kier alpha value is -3.12. The van der Waals surface area contributed by atoms with Crippen molar-refractivity contribution in [2.45, 2.75) is 13.5 Å². The zero-order chi connectivity index (χ0) is 19.2. The number of hydrogen-bond donors (Lipinski definition) is 1. The van der Waals surface area contributed by atoms with Crippen LogP contribution in [0.4, 0.5) is 0 Å². The molecule has 0 spiro atoms. The molecule has 1 N–H and O–H groups in total. The molecule has 0 bridgehead atoms. The minimum atomic E-state index is -0.569. The van der Waals surface area contributed by atoms with Crippen LogP contribution in [0, 0.1) is 6.92 Å². The Morgan fingerprint density at radius 2 is 1.81 bits per heavy atom. The molecule has 0 fully saturated rings. The van der Waals surface area contributed by atoms with E-state index in [2.05, 4.69) is 10.3 Å². The molecule has 138 valence electrons. The van der Waals surface area contributed by atoms with Crippen molar-refractivity contribution in [2.24, 2.45) is 0 Å². The monoisotopic (exact) mass is 384 g/mol. The number of halogens is 1. The van der Waals surface area contributed by atoms with E-state index in [4.69, 9.17) is 20.8 Å². The number of benzene rings is 2. The zero-order valence-electron chi connectivity index (χ0n) is 14.6. The molecular formula is C20H17ClN2O4. The van der Waals surface area contributed by atoms with Gasteiger partial charge in [0.05, 0.1) is 0 Å². The highest BCUT2D eigenvalue weighted by atomic mass is 35.5. The van der Waals surface area contributed by atoms with Crippen LogP contribution in [0.5, 0.6) is 0 Å². The molecule has 0 aliphatic rings. The summed E-state index contributed by atoms with van der Waals surface area (Å²) >= 11 is 5.78. The van der Waals surface area contributed by atoms with Gasteiger partial charge in [-0.3, -0.25) is 9.59 Å². The summed E-state index contributed by atoms with van der Waals surface area (Å²) in [5.74, 6) is 0.0932. The van der Waals surface area contributed by atoms with Gasteiger partial charge in [0.25, 0.3) is 5.91 Å². The van der Waals surface area contributed by atoms with Crippen LogP contribution in [0.1, 0.15) is 21.8 Å². The first kappa shape index (κ1) is 18.7. The summed E-state index contributed by atoms with van der Waals surface area (Å²) in [6.07, 6.45) is 0. The van der Waals surface area contributed by atoms with Crippen LogP contribution in [0.2, 0.25) is 5.02 Å². The van der Waals surface area contributed by atoms with E-state index >= 15 is 0 Å². The Kier molecular flexibility index (Phi) is 5.88. The highest BCUT2D eigenvalue weighted by Crippen LogP contribution is 2.21. The molecule has 3 rings (SSSR count). The summed E-state index contributed by atoms with van der Waals surface area (Å²) in [5.41, 5.74) is 1.78. The van der Waals surface area contributed by atoms with Crippen LogP contribution < -0.4 is 5.32 Å². The van der Waals surface area contributed by atoms with Gasteiger partial charge in [0, 0.05) is 16.1 Å². The van der Waals surface area contributed by atoms with Crippen LogP contribution in [0.15, 0.2) is 59.0 Å². The number of oxazole rings is 1. The van der Waals surface area contributed by atoms with Crippen molar-refractivity contribution in [3.63, 3.8) is 0 Å². The van der Waals surface area contributed by atoms with Crippen molar-refractivity contribution in [1.82, 2.24) is 10.3 Å². The Bertz CT molecular complexity index is 936. The molecule has 0 saturated heterocycles. The summed E-state index contributed by atoms with van der Waals surface area (Å²) in [6.45, 7) is 1.48. The predicted molar refractivity (Wildman–Crippen MR) is 100 cm³/mol. The highest BCUT2D eigenvalue weighted by molar-refractivity contribution is 6.30. The number of aryl methyl sites for hydroxylation is 1. The second-order valence-corrected chi connectivity index (χ2v) is 6.17. The Morgan fingerprint density at radius 3 is 2.52 bits per heavy atom. The standard InChI is InChI=1S/C20H17ClN2O4/c1-13-17(23-20(27-13)15-5-3-2-4-6-15)12-26-18(24)11-22-19(25)14-7-9-16(21)10-8-14/h2-10H,11-12H2,1H3,(H,22,25). The molecule has 0 aliphatic heterocycles. The number of carbonyl (C=O) groups excluding carboxylic acids is 2. The van der Waals surface area contributed by atoms with Gasteiger partial charge in [0.15, 0.2) is 0 Å². The molecule has 3 aromatic rings. The van der Waals surface area contributed by atoms with Crippen LogP contribution in [-0.2, 0) is 16.1 Å². The second kappa shape index (κ2) is 8.51. The molecule has 27 heavy (non-hydrogen) atoms. The Balaban J connectivity index is 1.51. The first-order chi connectivity index (χ1) is 13.0. The maximum absolute atomic E-state index is 12.0. The van der Waals surface area contributed by atoms with Crippen molar-refractivity contribution >= 4 is 23.5 Å². The summed E-state index contributed by atoms with van der Waals surface area (Å²) in [7, 11) is 0. The van der Waals surface area contributed by atoms with Crippen LogP contribution in [0.25, 0.3) is 11.5 Å². The summed E-state index contributed by atoms with van der Waals surface area (Å²) < 4.78 is 10.8. The van der Waals surface area contributed by atoms with Crippen molar-refractivity contribution in [1.29, 1.82) is 0 Å². The Labute approximate surface area is 161 Å². The fraction of sp³-hybridized carbons (Fsp3) is 0.150. The highest BCUT2D eigenvalue weighted by Gasteiger charge is 2.14. The van der Waals surface area contributed by atoms with Gasteiger partial charge in [-0.05, 0) is 43.3 Å². The molecule has 2 aromatic carbocycles. The number of nitrogens with zero attached hydrogens (tertiary/aromatic N) is 1. The predicted octanol–water partition coefficient (Wildman–Crippen LogP) is 3.78. The van der Waals surface area contributed by atoms with Crippen molar-refractivity contribution < 1.29 is 18.7 Å². The third-order valence-electron chi connectivity index (χ3n) is 3.78. The van der Waals surface area contributed by atoms with Gasteiger partial charge < -0.3 is 14.5 Å². The fourth-order valence-electron chi connectivity index (χ4n) is 2.32. The van der Waals surface area contributed by atoms with Gasteiger partial charge in [0.1, 0.15) is 24.6 Å². The number of hydrogen-bond acceptors (Lipinski definition) is 5. The van der Waals surface area contributed by atoms with Crippen LogP contribution in [0.3, 0.4) is 0 Å². The lowest BCUT2D eigenvalue weighted by Crippen LogP contribution is -2.30. The van der Waals surface area contributed by atoms with Gasteiger partial charge in [-0.1, -0.05) is 29.8 Å². The first-order valence-corrected chi connectivity index (χ1v) is 8.62. The minimum absolute atomic E-state index is 0.0299. The number of esters is 1. The van der Waals surface area contributed by atoms with Crippen molar-refractivity contribution in [2.75, 3.05) is 6.54 Å². The number of aromatic nitrogens is 1. The van der Waals surface area contributed by atoms with E-state index in [0.29, 0.717) is 27.9 Å². The Morgan fingerprint density at radius 1 is 1.11 bits per heavy atom. The van der Waals surface area contributed by atoms with Crippen molar-refractivity contribution in [3.05, 3.63) is 76.6 Å². The number of ether oxygens (including phenoxy) is 1. The van der Waals surface area contributed by atoms with E-state index in [1.165, 1.54) is 0 Å². The van der Waals surface area contributed by atoms with E-state index in [1.54, 1.807) is 31.2 Å². The van der Waals surface area contributed by atoms with E-state index in [9.17, 15) is 9.59 Å². The van der Waals surface area contributed by atoms with Gasteiger partial charge in [0.2, 0.25) is 5.89 Å². The molecule has 0 unspecified atom stereocenters. The number of nitrogens with one attached hydrogen (secondary N) is 1. The molecule has 6 nitrogen and oxygen atoms in total. The lowest BCUT2D eigenvalue weighted by molar-refractivity contribution is -0.143. The molecule has 1 amide bonds. The SMILES string of the molecule is Cc1oc(-c2ccccc2)nc1COC(=O)CNC(=O)c1ccc(Cl)cc1. The second-order valence-electron chi connectivity index (χ2n) is 5.74. The molecule has 0 atom stereocenters. The lowest BCUT2D eigenvalue weighted by Gasteiger charge is -2.06. The van der Waals surface area contributed by atoms with E-state index in [1.807, 2.05) is 30.3 Å². The molecule has 0 aliphatic carbocycles. The van der Waals surface area contributed by atoms with Gasteiger partial charge in [-0.25, -0.2) is 4.98 Å². The maximum Gasteiger partial charge on any atom is 0.325 e. The number of carbonyl (C=O) groups is 2. The average molecular weight is 385 g/mol. The summed E-state index contributed by atoms with van der Waals surface area (Å²) in [6, 6.07) is 15.8.